The van der Waals surface area contributed by atoms with Gasteiger partial charge >= 0.3 is 0 Å². The van der Waals surface area contributed by atoms with E-state index in [2.05, 4.69) is 16.2 Å². The fraction of sp³-hybridized carbons (Fsp3) is 0. The lowest BCUT2D eigenvalue weighted by Crippen LogP contribution is -2.43. The maximum Gasteiger partial charge on any atom is 0.273 e. The van der Waals surface area contributed by atoms with Crippen molar-refractivity contribution in [3.05, 3.63) is 71.8 Å². The summed E-state index contributed by atoms with van der Waals surface area (Å²) in [5.74, 6) is -2.36. The first-order valence-electron chi connectivity index (χ1n) is 7.48. The number of fused-ring (bicyclic) bond motifs is 1. The minimum absolute atomic E-state index is 0.0481. The molecule has 0 unspecified atom stereocenters. The molecule has 26 heavy (non-hydrogen) atoms. The maximum absolute atomic E-state index is 13.6. The third kappa shape index (κ3) is 3.86. The van der Waals surface area contributed by atoms with Crippen molar-refractivity contribution < 1.29 is 18.7 Å². The van der Waals surface area contributed by atoms with Gasteiger partial charge in [0, 0.05) is 6.07 Å². The summed E-state index contributed by atoms with van der Waals surface area (Å²) < 4.78 is 26.4. The summed E-state index contributed by atoms with van der Waals surface area (Å²) in [6.45, 7) is 0. The largest absolute Gasteiger partial charge is 0.507 e. The van der Waals surface area contributed by atoms with Gasteiger partial charge in [-0.15, -0.1) is 0 Å². The van der Waals surface area contributed by atoms with Gasteiger partial charge in [0.2, 0.25) is 0 Å². The van der Waals surface area contributed by atoms with E-state index in [1.165, 1.54) is 18.2 Å². The van der Waals surface area contributed by atoms with E-state index in [9.17, 15) is 18.7 Å². The molecular weight excluding hydrogens is 360 g/mol. The Kier molecular flexibility index (Phi) is 4.94. The van der Waals surface area contributed by atoms with Gasteiger partial charge in [0.05, 0.1) is 11.3 Å². The molecule has 0 aliphatic carbocycles. The highest BCUT2D eigenvalue weighted by atomic mass is 32.1. The van der Waals surface area contributed by atoms with Crippen molar-refractivity contribution in [2.45, 2.75) is 0 Å². The number of anilines is 1. The molecule has 3 aromatic rings. The molecule has 0 bridgehead atoms. The van der Waals surface area contributed by atoms with Crippen LogP contribution >= 0.6 is 12.2 Å². The van der Waals surface area contributed by atoms with Crippen LogP contribution in [0.2, 0.25) is 0 Å². The Labute approximate surface area is 152 Å². The Morgan fingerprint density at radius 1 is 0.962 bits per heavy atom. The number of halogens is 2. The molecule has 4 N–H and O–H groups in total. The van der Waals surface area contributed by atoms with Gasteiger partial charge < -0.3 is 10.4 Å². The minimum Gasteiger partial charge on any atom is -0.507 e. The molecule has 0 radical (unpaired) electrons. The monoisotopic (exact) mass is 373 g/mol. The minimum atomic E-state index is -0.826. The smallest absolute Gasteiger partial charge is 0.273 e. The summed E-state index contributed by atoms with van der Waals surface area (Å²) in [6, 6.07) is 13.2. The number of nitrogens with one attached hydrogen (secondary N) is 3. The highest BCUT2D eigenvalue weighted by Gasteiger charge is 2.13. The molecule has 0 saturated carbocycles. The Morgan fingerprint density at radius 2 is 1.65 bits per heavy atom. The van der Waals surface area contributed by atoms with E-state index >= 15 is 0 Å². The standard InChI is InChI=1S/C18H13F2N3O2S/c19-12-5-6-15(14(20)9-12)21-18(26)23-22-17(25)13-7-10-3-1-2-4-11(10)8-16(13)24/h1-9,24H,(H,22,25)(H2,21,23,26). The van der Waals surface area contributed by atoms with Crippen molar-refractivity contribution in [1.82, 2.24) is 10.9 Å². The van der Waals surface area contributed by atoms with Gasteiger partial charge in [0.1, 0.15) is 17.4 Å². The average Bonchev–Trinajstić information content (AvgIpc) is 2.61. The van der Waals surface area contributed by atoms with E-state index in [0.717, 1.165) is 16.8 Å². The van der Waals surface area contributed by atoms with E-state index < -0.39 is 17.5 Å². The number of hydrogen-bond acceptors (Lipinski definition) is 3. The first-order valence-corrected chi connectivity index (χ1v) is 7.89. The third-order valence-electron chi connectivity index (χ3n) is 3.58. The van der Waals surface area contributed by atoms with E-state index in [1.807, 2.05) is 24.3 Å². The van der Waals surface area contributed by atoms with Crippen LogP contribution in [0.25, 0.3) is 10.8 Å². The number of carbonyl (C=O) groups excluding carboxylic acids is 1. The van der Waals surface area contributed by atoms with Crippen molar-refractivity contribution in [3.8, 4) is 5.75 Å². The fourth-order valence-corrected chi connectivity index (χ4v) is 2.50. The number of carbonyl (C=O) groups is 1. The molecule has 0 saturated heterocycles. The number of hydrazine groups is 1. The number of phenols is 1. The van der Waals surface area contributed by atoms with Crippen molar-refractivity contribution in [3.63, 3.8) is 0 Å². The number of rotatable bonds is 2. The highest BCUT2D eigenvalue weighted by Crippen LogP contribution is 2.24. The lowest BCUT2D eigenvalue weighted by molar-refractivity contribution is 0.0941. The Balaban J connectivity index is 1.66. The number of aromatic hydroxyl groups is 1. The van der Waals surface area contributed by atoms with Gasteiger partial charge in [-0.3, -0.25) is 15.6 Å². The molecule has 0 fully saturated rings. The van der Waals surface area contributed by atoms with Crippen LogP contribution in [-0.2, 0) is 0 Å². The van der Waals surface area contributed by atoms with Gasteiger partial charge in [-0.2, -0.15) is 0 Å². The summed E-state index contributed by atoms with van der Waals surface area (Å²) in [5.41, 5.74) is 4.70. The molecule has 8 heteroatoms. The average molecular weight is 373 g/mol. The number of phenolic OH excluding ortho intramolecular Hbond substituents is 1. The fourth-order valence-electron chi connectivity index (χ4n) is 2.34. The zero-order valence-electron chi connectivity index (χ0n) is 13.2. The van der Waals surface area contributed by atoms with Crippen LogP contribution in [0.15, 0.2) is 54.6 Å². The van der Waals surface area contributed by atoms with E-state index in [-0.39, 0.29) is 22.1 Å². The predicted molar refractivity (Wildman–Crippen MR) is 98.8 cm³/mol. The third-order valence-corrected chi connectivity index (χ3v) is 3.78. The molecule has 132 valence electrons. The first kappa shape index (κ1) is 17.6. The normalized spacial score (nSPS) is 10.4. The van der Waals surface area contributed by atoms with Crippen molar-refractivity contribution in [2.75, 3.05) is 5.32 Å². The van der Waals surface area contributed by atoms with Crippen LogP contribution in [0.1, 0.15) is 10.4 Å². The van der Waals surface area contributed by atoms with Gasteiger partial charge in [-0.1, -0.05) is 24.3 Å². The molecule has 0 atom stereocenters. The van der Waals surface area contributed by atoms with Crippen LogP contribution in [-0.4, -0.2) is 16.1 Å². The maximum atomic E-state index is 13.6. The van der Waals surface area contributed by atoms with Crippen LogP contribution in [0.4, 0.5) is 14.5 Å². The Bertz CT molecular complexity index is 1010. The van der Waals surface area contributed by atoms with Crippen LogP contribution in [0.5, 0.6) is 5.75 Å². The second-order valence-electron chi connectivity index (χ2n) is 5.37. The lowest BCUT2D eigenvalue weighted by Gasteiger charge is -2.13. The predicted octanol–water partition coefficient (Wildman–Crippen LogP) is 3.46. The first-order chi connectivity index (χ1) is 12.4. The van der Waals surface area contributed by atoms with Gasteiger partial charge in [-0.05, 0) is 47.3 Å². The second-order valence-corrected chi connectivity index (χ2v) is 5.78. The number of amides is 1. The zero-order chi connectivity index (χ0) is 18.7. The number of hydrogen-bond donors (Lipinski definition) is 4. The summed E-state index contributed by atoms with van der Waals surface area (Å²) in [5, 5.41) is 14.0. The molecule has 1 amide bonds. The van der Waals surface area contributed by atoms with Crippen LogP contribution in [0.3, 0.4) is 0 Å². The molecule has 5 nitrogen and oxygen atoms in total. The highest BCUT2D eigenvalue weighted by molar-refractivity contribution is 7.80. The lowest BCUT2D eigenvalue weighted by atomic mass is 10.1. The van der Waals surface area contributed by atoms with Gasteiger partial charge in [0.25, 0.3) is 5.91 Å². The van der Waals surface area contributed by atoms with Crippen LogP contribution < -0.4 is 16.2 Å². The molecule has 3 aromatic carbocycles. The van der Waals surface area contributed by atoms with Crippen molar-refractivity contribution in [2.24, 2.45) is 0 Å². The van der Waals surface area contributed by atoms with E-state index in [0.29, 0.717) is 6.07 Å². The molecule has 0 spiro atoms. The van der Waals surface area contributed by atoms with Gasteiger partial charge in [0.15, 0.2) is 5.11 Å². The van der Waals surface area contributed by atoms with Crippen molar-refractivity contribution >= 4 is 39.7 Å². The Morgan fingerprint density at radius 3 is 2.35 bits per heavy atom. The molecule has 0 aliphatic heterocycles. The number of thiocarbonyl (C=S) groups is 1. The second kappa shape index (κ2) is 7.32. The van der Waals surface area contributed by atoms with Gasteiger partial charge in [-0.25, -0.2) is 8.78 Å². The Hall–Kier alpha value is -3.26. The SMILES string of the molecule is O=C(NNC(=S)Nc1ccc(F)cc1F)c1cc2ccccc2cc1O. The summed E-state index contributed by atoms with van der Waals surface area (Å²) in [4.78, 5) is 12.2. The topological polar surface area (TPSA) is 73.4 Å². The summed E-state index contributed by atoms with van der Waals surface area (Å²) in [6.07, 6.45) is 0. The van der Waals surface area contributed by atoms with E-state index in [4.69, 9.17) is 12.2 Å². The molecule has 0 aromatic heterocycles. The molecular formula is C18H13F2N3O2S. The molecule has 0 aliphatic rings. The zero-order valence-corrected chi connectivity index (χ0v) is 14.0. The quantitative estimate of drug-likeness (QED) is 0.409. The summed E-state index contributed by atoms with van der Waals surface area (Å²) >= 11 is 4.95. The van der Waals surface area contributed by atoms with Crippen LogP contribution in [0, 0.1) is 11.6 Å². The van der Waals surface area contributed by atoms with Crippen molar-refractivity contribution in [1.29, 1.82) is 0 Å². The number of benzene rings is 3. The summed E-state index contributed by atoms with van der Waals surface area (Å²) in [7, 11) is 0. The molecule has 0 heterocycles. The molecule has 3 rings (SSSR count). The van der Waals surface area contributed by atoms with E-state index in [1.54, 1.807) is 0 Å².